The molecule has 0 unspecified atom stereocenters. The molecule has 1 aliphatic rings. The van der Waals surface area contributed by atoms with Crippen molar-refractivity contribution in [2.24, 2.45) is 5.92 Å². The van der Waals surface area contributed by atoms with Crippen molar-refractivity contribution in [2.75, 3.05) is 7.11 Å². The monoisotopic (exact) mass is 249 g/mol. The van der Waals surface area contributed by atoms with Gasteiger partial charge < -0.3 is 15.2 Å². The van der Waals surface area contributed by atoms with Crippen LogP contribution in [-0.2, 0) is 27.3 Å². The Labute approximate surface area is 105 Å². The van der Waals surface area contributed by atoms with Gasteiger partial charge in [0.05, 0.1) is 19.4 Å². The first-order valence-electron chi connectivity index (χ1n) is 5.75. The summed E-state index contributed by atoms with van der Waals surface area (Å²) in [6.45, 7) is 0.375. The maximum Gasteiger partial charge on any atom is 0.306 e. The predicted octanol–water partition coefficient (Wildman–Crippen LogP) is 0.744. The van der Waals surface area contributed by atoms with Gasteiger partial charge in [0.25, 0.3) is 0 Å². The second kappa shape index (κ2) is 5.08. The molecule has 0 radical (unpaired) electrons. The maximum absolute atomic E-state index is 11.8. The fraction of sp³-hybridized carbons (Fsp3) is 0.385. The molecule has 18 heavy (non-hydrogen) atoms. The maximum atomic E-state index is 11.8. The van der Waals surface area contributed by atoms with Crippen LogP contribution < -0.4 is 5.32 Å². The van der Waals surface area contributed by atoms with E-state index in [-0.39, 0.29) is 18.1 Å². The normalized spacial score (nSPS) is 18.5. The average Bonchev–Trinajstić information content (AvgIpc) is 2.50. The second-order valence-electron chi connectivity index (χ2n) is 4.35. The minimum atomic E-state index is -0.414. The summed E-state index contributed by atoms with van der Waals surface area (Å²) in [6.07, 6.45) is 0.555. The summed E-state index contributed by atoms with van der Waals surface area (Å²) >= 11 is 0. The van der Waals surface area contributed by atoms with Crippen LogP contribution in [0.1, 0.15) is 17.5 Å². The van der Waals surface area contributed by atoms with Gasteiger partial charge in [-0.05, 0) is 29.7 Å². The van der Waals surface area contributed by atoms with Gasteiger partial charge in [-0.15, -0.1) is 0 Å². The zero-order valence-corrected chi connectivity index (χ0v) is 10.1. The highest BCUT2D eigenvalue weighted by molar-refractivity contribution is 5.84. The number of carbonyl (C=O) groups excluding carboxylic acids is 2. The van der Waals surface area contributed by atoms with Gasteiger partial charge in [0.2, 0.25) is 5.91 Å². The number of aromatic hydroxyl groups is 1. The summed E-state index contributed by atoms with van der Waals surface area (Å²) in [4.78, 5) is 23.1. The van der Waals surface area contributed by atoms with Crippen LogP contribution in [0.15, 0.2) is 18.2 Å². The number of hydrogen-bond donors (Lipinski definition) is 2. The van der Waals surface area contributed by atoms with Crippen LogP contribution in [0.25, 0.3) is 0 Å². The van der Waals surface area contributed by atoms with Gasteiger partial charge in [-0.3, -0.25) is 9.59 Å². The molecule has 1 heterocycles. The Balaban J connectivity index is 2.21. The zero-order valence-electron chi connectivity index (χ0n) is 10.1. The molecule has 1 amide bonds. The van der Waals surface area contributed by atoms with Gasteiger partial charge in [-0.1, -0.05) is 6.07 Å². The first kappa shape index (κ1) is 12.4. The molecule has 0 aliphatic carbocycles. The quantitative estimate of drug-likeness (QED) is 0.758. The van der Waals surface area contributed by atoms with Crippen LogP contribution in [0, 0.1) is 5.92 Å². The molecule has 0 bridgehead atoms. The number of amides is 1. The molecule has 1 aliphatic heterocycles. The second-order valence-corrected chi connectivity index (χ2v) is 4.35. The fourth-order valence-electron chi connectivity index (χ4n) is 2.11. The predicted molar refractivity (Wildman–Crippen MR) is 63.8 cm³/mol. The minimum absolute atomic E-state index is 0.0721. The first-order valence-corrected chi connectivity index (χ1v) is 5.75. The van der Waals surface area contributed by atoms with Crippen LogP contribution >= 0.6 is 0 Å². The van der Waals surface area contributed by atoms with Crippen LogP contribution in [-0.4, -0.2) is 24.1 Å². The molecule has 0 aromatic heterocycles. The van der Waals surface area contributed by atoms with Crippen molar-refractivity contribution in [3.63, 3.8) is 0 Å². The zero-order chi connectivity index (χ0) is 13.1. The van der Waals surface area contributed by atoms with Crippen molar-refractivity contribution < 1.29 is 19.4 Å². The summed E-state index contributed by atoms with van der Waals surface area (Å²) in [5, 5.41) is 12.2. The molecule has 5 heteroatoms. The minimum Gasteiger partial charge on any atom is -0.508 e. The Morgan fingerprint density at radius 3 is 3.00 bits per heavy atom. The van der Waals surface area contributed by atoms with E-state index in [4.69, 9.17) is 0 Å². The molecule has 1 aromatic rings. The number of methoxy groups -OCH3 is 1. The van der Waals surface area contributed by atoms with Crippen molar-refractivity contribution >= 4 is 11.9 Å². The molecular weight excluding hydrogens is 234 g/mol. The number of carbonyl (C=O) groups is 2. The van der Waals surface area contributed by atoms with Crippen molar-refractivity contribution in [3.05, 3.63) is 29.3 Å². The van der Waals surface area contributed by atoms with E-state index in [1.165, 1.54) is 7.11 Å². The molecule has 0 saturated heterocycles. The molecular formula is C13H15NO4. The fourth-order valence-corrected chi connectivity index (χ4v) is 2.11. The SMILES string of the molecule is COC(=O)C[C@H]1Cc2ccc(O)cc2CNC1=O. The van der Waals surface area contributed by atoms with Crippen LogP contribution in [0.2, 0.25) is 0 Å². The largest absolute Gasteiger partial charge is 0.508 e. The summed E-state index contributed by atoms with van der Waals surface area (Å²) in [5.41, 5.74) is 1.86. The molecule has 2 N–H and O–H groups in total. The number of hydrogen-bond acceptors (Lipinski definition) is 4. The van der Waals surface area contributed by atoms with Gasteiger partial charge in [0.1, 0.15) is 5.75 Å². The smallest absolute Gasteiger partial charge is 0.306 e. The Bertz CT molecular complexity index is 484. The third-order valence-electron chi connectivity index (χ3n) is 3.12. The van der Waals surface area contributed by atoms with Crippen LogP contribution in [0.3, 0.4) is 0 Å². The van der Waals surface area contributed by atoms with E-state index >= 15 is 0 Å². The average molecular weight is 249 g/mol. The molecule has 0 saturated carbocycles. The third-order valence-corrected chi connectivity index (χ3v) is 3.12. The molecule has 96 valence electrons. The van der Waals surface area contributed by atoms with Gasteiger partial charge in [0.15, 0.2) is 0 Å². The van der Waals surface area contributed by atoms with E-state index in [0.29, 0.717) is 13.0 Å². The van der Waals surface area contributed by atoms with E-state index in [1.54, 1.807) is 18.2 Å². The molecule has 0 spiro atoms. The molecule has 0 fully saturated rings. The highest BCUT2D eigenvalue weighted by Crippen LogP contribution is 2.24. The third kappa shape index (κ3) is 2.61. The number of esters is 1. The number of phenols is 1. The molecule has 2 rings (SSSR count). The van der Waals surface area contributed by atoms with Crippen molar-refractivity contribution in [2.45, 2.75) is 19.4 Å². The standard InChI is InChI=1S/C13H15NO4/c1-18-12(16)6-9-4-8-2-3-11(15)5-10(8)7-14-13(9)17/h2-3,5,9,15H,4,6-7H2,1H3,(H,14,17)/t9-/m1/s1. The van der Waals surface area contributed by atoms with E-state index in [0.717, 1.165) is 11.1 Å². The Hall–Kier alpha value is -2.04. The lowest BCUT2D eigenvalue weighted by atomic mass is 9.94. The van der Waals surface area contributed by atoms with Crippen molar-refractivity contribution in [1.29, 1.82) is 0 Å². The van der Waals surface area contributed by atoms with E-state index < -0.39 is 11.9 Å². The van der Waals surface area contributed by atoms with E-state index in [1.807, 2.05) is 0 Å². The lowest BCUT2D eigenvalue weighted by Crippen LogP contribution is -2.30. The summed E-state index contributed by atoms with van der Waals surface area (Å²) in [7, 11) is 1.31. The molecule has 5 nitrogen and oxygen atoms in total. The number of benzene rings is 1. The van der Waals surface area contributed by atoms with E-state index in [2.05, 4.69) is 10.1 Å². The molecule has 1 atom stereocenters. The molecule has 1 aromatic carbocycles. The topological polar surface area (TPSA) is 75.6 Å². The lowest BCUT2D eigenvalue weighted by Gasteiger charge is -2.11. The Morgan fingerprint density at radius 2 is 2.28 bits per heavy atom. The van der Waals surface area contributed by atoms with Gasteiger partial charge >= 0.3 is 5.97 Å². The highest BCUT2D eigenvalue weighted by Gasteiger charge is 2.26. The number of fused-ring (bicyclic) bond motifs is 1. The number of ether oxygens (including phenoxy) is 1. The van der Waals surface area contributed by atoms with Crippen LogP contribution in [0.4, 0.5) is 0 Å². The number of phenolic OH excluding ortho intramolecular Hbond substituents is 1. The van der Waals surface area contributed by atoms with Crippen molar-refractivity contribution in [1.82, 2.24) is 5.32 Å². The van der Waals surface area contributed by atoms with E-state index in [9.17, 15) is 14.7 Å². The van der Waals surface area contributed by atoms with Crippen molar-refractivity contribution in [3.8, 4) is 5.75 Å². The highest BCUT2D eigenvalue weighted by atomic mass is 16.5. The Morgan fingerprint density at radius 1 is 1.50 bits per heavy atom. The van der Waals surface area contributed by atoms with Crippen LogP contribution in [0.5, 0.6) is 5.75 Å². The number of rotatable bonds is 2. The summed E-state index contributed by atoms with van der Waals surface area (Å²) in [6, 6.07) is 5.01. The first-order chi connectivity index (χ1) is 8.60. The van der Waals surface area contributed by atoms with Gasteiger partial charge in [-0.2, -0.15) is 0 Å². The lowest BCUT2D eigenvalue weighted by molar-refractivity contribution is -0.144. The summed E-state index contributed by atoms with van der Waals surface area (Å²) < 4.78 is 4.59. The van der Waals surface area contributed by atoms with Gasteiger partial charge in [0, 0.05) is 6.54 Å². The number of nitrogens with one attached hydrogen (secondary N) is 1. The van der Waals surface area contributed by atoms with Gasteiger partial charge in [-0.25, -0.2) is 0 Å². The Kier molecular flexibility index (Phi) is 3.50. The summed E-state index contributed by atoms with van der Waals surface area (Å²) in [5.74, 6) is -0.786.